The van der Waals surface area contributed by atoms with Crippen molar-refractivity contribution in [3.05, 3.63) is 57.4 Å². The Morgan fingerprint density at radius 2 is 2.08 bits per heavy atom. The van der Waals surface area contributed by atoms with Crippen molar-refractivity contribution in [1.29, 1.82) is 0 Å². The fourth-order valence-corrected chi connectivity index (χ4v) is 2.07. The zero-order valence-corrected chi connectivity index (χ0v) is 13.6. The van der Waals surface area contributed by atoms with E-state index < -0.39 is 22.9 Å². The van der Waals surface area contributed by atoms with E-state index in [1.807, 2.05) is 0 Å². The summed E-state index contributed by atoms with van der Waals surface area (Å²) in [5.41, 5.74) is 0.142. The number of anilines is 1. The summed E-state index contributed by atoms with van der Waals surface area (Å²) >= 11 is 5.91. The molecular weight excluding hydrogens is 338 g/mol. The van der Waals surface area contributed by atoms with E-state index in [1.165, 1.54) is 19.1 Å². The molecule has 1 amide bonds. The van der Waals surface area contributed by atoms with Crippen molar-refractivity contribution in [3.8, 4) is 0 Å². The highest BCUT2D eigenvalue weighted by Crippen LogP contribution is 2.26. The van der Waals surface area contributed by atoms with Gasteiger partial charge in [0.15, 0.2) is 6.10 Å². The second kappa shape index (κ2) is 7.14. The van der Waals surface area contributed by atoms with Crippen molar-refractivity contribution in [2.45, 2.75) is 13.0 Å². The zero-order valence-electron chi connectivity index (χ0n) is 12.9. The van der Waals surface area contributed by atoms with Crippen LogP contribution in [0.25, 0.3) is 0 Å². The maximum Gasteiger partial charge on any atom is 0.355 e. The molecule has 1 aromatic heterocycles. The van der Waals surface area contributed by atoms with Gasteiger partial charge in [-0.25, -0.2) is 4.79 Å². The molecule has 0 bridgehead atoms. The van der Waals surface area contributed by atoms with E-state index in [1.54, 1.807) is 29.9 Å². The van der Waals surface area contributed by atoms with Crippen LogP contribution in [0.2, 0.25) is 5.02 Å². The SMILES string of the molecule is CC(OC(=O)c1cccn1C)C(=O)Nc1cc([N+](=O)[O-])ccc1Cl. The molecule has 8 nitrogen and oxygen atoms in total. The molecule has 2 aromatic rings. The van der Waals surface area contributed by atoms with Gasteiger partial charge in [-0.1, -0.05) is 11.6 Å². The summed E-state index contributed by atoms with van der Waals surface area (Å²) in [6, 6.07) is 6.88. The highest BCUT2D eigenvalue weighted by molar-refractivity contribution is 6.33. The number of aryl methyl sites for hydroxylation is 1. The van der Waals surface area contributed by atoms with Crippen LogP contribution in [0.5, 0.6) is 0 Å². The summed E-state index contributed by atoms with van der Waals surface area (Å²) < 4.78 is 6.64. The number of esters is 1. The van der Waals surface area contributed by atoms with E-state index in [2.05, 4.69) is 5.32 Å². The molecule has 0 aliphatic heterocycles. The quantitative estimate of drug-likeness (QED) is 0.506. The first-order valence-electron chi connectivity index (χ1n) is 6.86. The first kappa shape index (κ1) is 17.5. The van der Waals surface area contributed by atoms with Crippen LogP contribution in [-0.4, -0.2) is 27.5 Å². The number of aromatic nitrogens is 1. The van der Waals surface area contributed by atoms with E-state index in [0.717, 1.165) is 6.07 Å². The van der Waals surface area contributed by atoms with E-state index in [9.17, 15) is 19.7 Å². The second-order valence-electron chi connectivity index (χ2n) is 4.96. The number of nitro benzene ring substituents is 1. The van der Waals surface area contributed by atoms with Gasteiger partial charge in [-0.2, -0.15) is 0 Å². The van der Waals surface area contributed by atoms with Gasteiger partial charge >= 0.3 is 5.97 Å². The van der Waals surface area contributed by atoms with Crippen molar-refractivity contribution < 1.29 is 19.2 Å². The van der Waals surface area contributed by atoms with Gasteiger partial charge < -0.3 is 14.6 Å². The third kappa shape index (κ3) is 3.90. The number of hydrogen-bond acceptors (Lipinski definition) is 5. The van der Waals surface area contributed by atoms with Crippen LogP contribution in [0, 0.1) is 10.1 Å². The largest absolute Gasteiger partial charge is 0.448 e. The third-order valence-corrected chi connectivity index (χ3v) is 3.55. The number of halogens is 1. The number of benzene rings is 1. The number of hydrogen-bond donors (Lipinski definition) is 1. The summed E-state index contributed by atoms with van der Waals surface area (Å²) in [5.74, 6) is -1.31. The predicted molar refractivity (Wildman–Crippen MR) is 87.0 cm³/mol. The van der Waals surface area contributed by atoms with Gasteiger partial charge in [0.1, 0.15) is 5.69 Å². The molecule has 2 rings (SSSR count). The molecule has 0 aliphatic rings. The maximum atomic E-state index is 12.1. The van der Waals surface area contributed by atoms with E-state index in [0.29, 0.717) is 5.69 Å². The van der Waals surface area contributed by atoms with Crippen LogP contribution in [-0.2, 0) is 16.6 Å². The monoisotopic (exact) mass is 351 g/mol. The first-order chi connectivity index (χ1) is 11.3. The van der Waals surface area contributed by atoms with Crippen molar-refractivity contribution in [3.63, 3.8) is 0 Å². The molecule has 0 radical (unpaired) electrons. The molecular formula is C15H14ClN3O5. The molecule has 1 aromatic carbocycles. The van der Waals surface area contributed by atoms with Crippen LogP contribution in [0.1, 0.15) is 17.4 Å². The Kier molecular flexibility index (Phi) is 5.20. The van der Waals surface area contributed by atoms with Crippen LogP contribution < -0.4 is 5.32 Å². The molecule has 0 spiro atoms. The summed E-state index contributed by atoms with van der Waals surface area (Å²) in [4.78, 5) is 34.2. The Hall–Kier alpha value is -2.87. The number of nitrogens with one attached hydrogen (secondary N) is 1. The molecule has 1 heterocycles. The number of nitrogens with zero attached hydrogens (tertiary/aromatic N) is 2. The Bertz CT molecular complexity index is 802. The number of carbonyl (C=O) groups excluding carboxylic acids is 2. The minimum atomic E-state index is -1.11. The second-order valence-corrected chi connectivity index (χ2v) is 5.37. The molecule has 0 fully saturated rings. The maximum absolute atomic E-state index is 12.1. The molecule has 0 saturated carbocycles. The number of rotatable bonds is 5. The van der Waals surface area contributed by atoms with Gasteiger partial charge in [0.25, 0.3) is 11.6 Å². The molecule has 0 aliphatic carbocycles. The van der Waals surface area contributed by atoms with Gasteiger partial charge in [-0.15, -0.1) is 0 Å². The Morgan fingerprint density at radius 3 is 2.67 bits per heavy atom. The van der Waals surface area contributed by atoms with E-state index in [-0.39, 0.29) is 16.4 Å². The first-order valence-corrected chi connectivity index (χ1v) is 7.24. The van der Waals surface area contributed by atoms with Gasteiger partial charge in [0, 0.05) is 25.4 Å². The highest BCUT2D eigenvalue weighted by atomic mass is 35.5. The number of ether oxygens (including phenoxy) is 1. The van der Waals surface area contributed by atoms with Gasteiger partial charge in [0.2, 0.25) is 0 Å². The van der Waals surface area contributed by atoms with E-state index in [4.69, 9.17) is 16.3 Å². The van der Waals surface area contributed by atoms with Gasteiger partial charge in [-0.3, -0.25) is 14.9 Å². The molecule has 0 saturated heterocycles. The standard InChI is InChI=1S/C15H14ClN3O5/c1-9(24-15(21)13-4-3-7-18(13)2)14(20)17-12-8-10(19(22)23)5-6-11(12)16/h3-9H,1-2H3,(H,17,20). The number of amides is 1. The predicted octanol–water partition coefficient (Wildman–Crippen LogP) is 2.77. The average Bonchev–Trinajstić information content (AvgIpc) is 2.95. The van der Waals surface area contributed by atoms with Crippen LogP contribution in [0.15, 0.2) is 36.5 Å². The van der Waals surface area contributed by atoms with Crippen LogP contribution in [0.3, 0.4) is 0 Å². The fourth-order valence-electron chi connectivity index (χ4n) is 1.90. The summed E-state index contributed by atoms with van der Waals surface area (Å²) in [5, 5.41) is 13.3. The van der Waals surface area contributed by atoms with E-state index >= 15 is 0 Å². The smallest absolute Gasteiger partial charge is 0.355 e. The fraction of sp³-hybridized carbons (Fsp3) is 0.200. The Balaban J connectivity index is 2.07. The minimum absolute atomic E-state index is 0.0673. The number of nitro groups is 1. The van der Waals surface area contributed by atoms with Gasteiger partial charge in [0.05, 0.1) is 15.6 Å². The lowest BCUT2D eigenvalue weighted by molar-refractivity contribution is -0.384. The molecule has 9 heteroatoms. The summed E-state index contributed by atoms with van der Waals surface area (Å²) in [6.07, 6.45) is 0.562. The zero-order chi connectivity index (χ0) is 17.9. The lowest BCUT2D eigenvalue weighted by Crippen LogP contribution is -2.30. The molecule has 24 heavy (non-hydrogen) atoms. The molecule has 126 valence electrons. The van der Waals surface area contributed by atoms with Crippen LogP contribution in [0.4, 0.5) is 11.4 Å². The summed E-state index contributed by atoms with van der Waals surface area (Å²) in [7, 11) is 1.67. The van der Waals surface area contributed by atoms with Crippen molar-refractivity contribution >= 4 is 34.9 Å². The van der Waals surface area contributed by atoms with Gasteiger partial charge in [-0.05, 0) is 25.1 Å². The molecule has 1 atom stereocenters. The lowest BCUT2D eigenvalue weighted by atomic mass is 10.2. The average molecular weight is 352 g/mol. The van der Waals surface area contributed by atoms with Crippen molar-refractivity contribution in [2.24, 2.45) is 7.05 Å². The third-order valence-electron chi connectivity index (χ3n) is 3.22. The number of carbonyl (C=O) groups is 2. The topological polar surface area (TPSA) is 103 Å². The summed E-state index contributed by atoms with van der Waals surface area (Å²) in [6.45, 7) is 1.39. The highest BCUT2D eigenvalue weighted by Gasteiger charge is 2.21. The molecule has 1 N–H and O–H groups in total. The van der Waals surface area contributed by atoms with Crippen LogP contribution >= 0.6 is 11.6 Å². The molecule has 1 unspecified atom stereocenters. The van der Waals surface area contributed by atoms with Crippen molar-refractivity contribution in [1.82, 2.24) is 4.57 Å². The minimum Gasteiger partial charge on any atom is -0.448 e. The Morgan fingerprint density at radius 1 is 1.38 bits per heavy atom. The van der Waals surface area contributed by atoms with Crippen molar-refractivity contribution in [2.75, 3.05) is 5.32 Å². The number of non-ortho nitro benzene ring substituents is 1. The Labute approximate surface area is 142 Å². The normalized spacial score (nSPS) is 11.6. The lowest BCUT2D eigenvalue weighted by Gasteiger charge is -2.14.